The normalized spacial score (nSPS) is 8.29. The van der Waals surface area contributed by atoms with E-state index >= 15 is 0 Å². The van der Waals surface area contributed by atoms with Gasteiger partial charge in [0.05, 0.1) is 0 Å². The second-order valence-corrected chi connectivity index (χ2v) is 26.7. The molecular formula is C13H18Cl2SiZr-2. The molecule has 0 aromatic heterocycles. The van der Waals surface area contributed by atoms with Crippen LogP contribution in [0.4, 0.5) is 0 Å². The SMILES string of the molecule is C[Si](C)=[Zr]([Cl])[Cl].Cc1cc[cH-]c1.c1cc[cH-]c1. The van der Waals surface area contributed by atoms with Crippen molar-refractivity contribution in [3.05, 3.63) is 60.2 Å². The molecule has 0 heterocycles. The van der Waals surface area contributed by atoms with Gasteiger partial charge in [0.15, 0.2) is 0 Å². The first-order valence-corrected chi connectivity index (χ1v) is 17.9. The first-order chi connectivity index (χ1) is 8.04. The fourth-order valence-electron chi connectivity index (χ4n) is 0.791. The van der Waals surface area contributed by atoms with Crippen LogP contribution in [0.3, 0.4) is 0 Å². The van der Waals surface area contributed by atoms with Crippen LogP contribution in [0.2, 0.25) is 13.1 Å². The molecule has 0 spiro atoms. The summed E-state index contributed by atoms with van der Waals surface area (Å²) in [6, 6.07) is 18.2. The molecule has 0 unspecified atom stereocenters. The van der Waals surface area contributed by atoms with E-state index in [2.05, 4.69) is 32.2 Å². The summed E-state index contributed by atoms with van der Waals surface area (Å²) in [5.74, 6) is 0. The molecule has 2 rings (SSSR count). The van der Waals surface area contributed by atoms with E-state index in [1.165, 1.54) is 5.56 Å². The summed E-state index contributed by atoms with van der Waals surface area (Å²) in [5, 5.41) is 0. The van der Waals surface area contributed by atoms with Gasteiger partial charge in [0.2, 0.25) is 0 Å². The quantitative estimate of drug-likeness (QED) is 0.440. The van der Waals surface area contributed by atoms with E-state index in [1.54, 1.807) is 0 Å². The van der Waals surface area contributed by atoms with Gasteiger partial charge in [0, 0.05) is 0 Å². The van der Waals surface area contributed by atoms with Crippen molar-refractivity contribution >= 4 is 22.5 Å². The molecule has 0 fully saturated rings. The number of rotatable bonds is 0. The Balaban J connectivity index is 0.000000227. The Morgan fingerprint density at radius 3 is 1.71 bits per heavy atom. The Kier molecular flexibility index (Phi) is 11.7. The molecule has 0 aliphatic carbocycles. The summed E-state index contributed by atoms with van der Waals surface area (Å²) in [5.41, 5.74) is 1.12. The van der Waals surface area contributed by atoms with Crippen molar-refractivity contribution in [2.24, 2.45) is 0 Å². The van der Waals surface area contributed by atoms with Crippen LogP contribution < -0.4 is 0 Å². The second-order valence-electron chi connectivity index (χ2n) is 3.68. The van der Waals surface area contributed by atoms with Crippen molar-refractivity contribution in [1.29, 1.82) is 0 Å². The molecule has 94 valence electrons. The first-order valence-electron chi connectivity index (χ1n) is 5.37. The molecule has 0 bridgehead atoms. The Bertz CT molecular complexity index is 356. The maximum atomic E-state index is 5.62. The minimum absolute atomic E-state index is 0.224. The third kappa shape index (κ3) is 12.6. The van der Waals surface area contributed by atoms with E-state index in [0.29, 0.717) is 0 Å². The molecule has 2 aromatic rings. The van der Waals surface area contributed by atoms with Gasteiger partial charge in [0.1, 0.15) is 0 Å². The Labute approximate surface area is 120 Å². The average molecular weight is 365 g/mol. The van der Waals surface area contributed by atoms with Gasteiger partial charge in [-0.1, -0.05) is 6.92 Å². The summed E-state index contributed by atoms with van der Waals surface area (Å²) >= 11 is -1.65. The summed E-state index contributed by atoms with van der Waals surface area (Å²) in [6.07, 6.45) is 0. The molecule has 0 aliphatic rings. The predicted octanol–water partition coefficient (Wildman–Crippen LogP) is 5.28. The van der Waals surface area contributed by atoms with E-state index in [0.717, 1.165) is 0 Å². The van der Waals surface area contributed by atoms with Crippen LogP contribution in [0, 0.1) is 6.92 Å². The van der Waals surface area contributed by atoms with E-state index < -0.39 is 18.0 Å². The second kappa shape index (κ2) is 11.5. The Morgan fingerprint density at radius 1 is 1.06 bits per heavy atom. The fraction of sp³-hybridized carbons (Fsp3) is 0.231. The summed E-state index contributed by atoms with van der Waals surface area (Å²) in [7, 11) is 11.2. The standard InChI is InChI=1S/C6H7.C5H5.C2H6Si.2ClH.Zr/c1-6-4-2-3-5-6;1-2-4-5-3-1;1-3-2;;;/h2-5H,1H3;1-5H;1-2H3;2*1H;/q2*-1;;;;+2/p-2. The Morgan fingerprint density at radius 2 is 1.59 bits per heavy atom. The third-order valence-corrected chi connectivity index (χ3v) is 21.5. The van der Waals surface area contributed by atoms with Gasteiger partial charge in [-0.25, -0.2) is 23.8 Å². The monoisotopic (exact) mass is 362 g/mol. The van der Waals surface area contributed by atoms with Crippen LogP contribution in [0.1, 0.15) is 5.56 Å². The van der Waals surface area contributed by atoms with Crippen LogP contribution in [0.25, 0.3) is 0 Å². The summed E-state index contributed by atoms with van der Waals surface area (Å²) < 4.78 is 0. The molecule has 0 radical (unpaired) electrons. The fourth-order valence-corrected chi connectivity index (χ4v) is 0.791. The van der Waals surface area contributed by atoms with Crippen LogP contribution in [0.15, 0.2) is 54.6 Å². The molecule has 2 aromatic carbocycles. The molecule has 0 N–H and O–H groups in total. The van der Waals surface area contributed by atoms with Gasteiger partial charge >= 0.3 is 53.5 Å². The maximum Gasteiger partial charge on any atom is -0.0961 e. The molecular weight excluding hydrogens is 346 g/mol. The van der Waals surface area contributed by atoms with Gasteiger partial charge in [-0.05, 0) is 0 Å². The summed E-state index contributed by atoms with van der Waals surface area (Å²) in [4.78, 5) is 0. The maximum absolute atomic E-state index is 5.62. The van der Waals surface area contributed by atoms with Crippen molar-refractivity contribution in [3.63, 3.8) is 0 Å². The number of hydrogen-bond acceptors (Lipinski definition) is 0. The average Bonchev–Trinajstić information content (AvgIpc) is 2.92. The van der Waals surface area contributed by atoms with Crippen molar-refractivity contribution in [2.75, 3.05) is 0 Å². The number of aryl methyl sites for hydroxylation is 1. The third-order valence-electron chi connectivity index (χ3n) is 1.76. The van der Waals surface area contributed by atoms with Crippen molar-refractivity contribution in [3.8, 4) is 0 Å². The zero-order valence-electron chi connectivity index (χ0n) is 10.5. The topological polar surface area (TPSA) is 0 Å². The molecule has 0 saturated heterocycles. The molecule has 17 heavy (non-hydrogen) atoms. The van der Waals surface area contributed by atoms with Gasteiger partial charge in [-0.3, -0.25) is 0 Å². The predicted molar refractivity (Wildman–Crippen MR) is 78.0 cm³/mol. The molecule has 0 amide bonds. The van der Waals surface area contributed by atoms with Crippen molar-refractivity contribution in [1.82, 2.24) is 0 Å². The number of halogens is 2. The van der Waals surface area contributed by atoms with E-state index in [-0.39, 0.29) is 5.43 Å². The first kappa shape index (κ1) is 17.4. The smallest absolute Gasteiger partial charge is 0.0961 e. The number of hydrogen-bond donors (Lipinski definition) is 0. The van der Waals surface area contributed by atoms with E-state index in [9.17, 15) is 0 Å². The molecule has 0 atom stereocenters. The van der Waals surface area contributed by atoms with Crippen LogP contribution in [-0.2, 0) is 18.0 Å². The van der Waals surface area contributed by atoms with E-state index in [1.807, 2.05) is 42.5 Å². The van der Waals surface area contributed by atoms with E-state index in [4.69, 9.17) is 17.0 Å². The van der Waals surface area contributed by atoms with Crippen LogP contribution in [-0.4, -0.2) is 5.43 Å². The zero-order chi connectivity index (χ0) is 13.1. The van der Waals surface area contributed by atoms with Gasteiger partial charge < -0.3 is 0 Å². The van der Waals surface area contributed by atoms with Crippen LogP contribution in [0.5, 0.6) is 0 Å². The van der Waals surface area contributed by atoms with Crippen molar-refractivity contribution < 1.29 is 18.0 Å². The Hall–Kier alpha value is 0.380. The van der Waals surface area contributed by atoms with Crippen molar-refractivity contribution in [2.45, 2.75) is 20.0 Å². The summed E-state index contributed by atoms with van der Waals surface area (Å²) in [6.45, 7) is 6.42. The van der Waals surface area contributed by atoms with Gasteiger partial charge in [0.25, 0.3) is 0 Å². The minimum Gasteiger partial charge on any atom is -0.214 e. The van der Waals surface area contributed by atoms with Gasteiger partial charge in [-0.15, -0.1) is 0 Å². The largest absolute Gasteiger partial charge is 0.214 e. The molecule has 0 aliphatic heterocycles. The molecule has 0 nitrogen and oxygen atoms in total. The molecule has 0 saturated carbocycles. The molecule has 4 heteroatoms. The minimum atomic E-state index is -1.65. The van der Waals surface area contributed by atoms with Gasteiger partial charge in [-0.2, -0.15) is 36.4 Å². The van der Waals surface area contributed by atoms with Crippen LogP contribution >= 0.6 is 17.0 Å². The zero-order valence-corrected chi connectivity index (χ0v) is 15.4.